The van der Waals surface area contributed by atoms with Gasteiger partial charge >= 0.3 is 0 Å². The molecule has 2 aromatic rings. The van der Waals surface area contributed by atoms with E-state index in [1.807, 2.05) is 30.3 Å². The Kier molecular flexibility index (Phi) is 2.80. The van der Waals surface area contributed by atoms with E-state index >= 15 is 0 Å². The average molecular weight is 242 g/mol. The third kappa shape index (κ3) is 1.62. The zero-order valence-electron chi connectivity index (χ0n) is 10.3. The van der Waals surface area contributed by atoms with Crippen molar-refractivity contribution in [3.63, 3.8) is 0 Å². The first-order valence-corrected chi connectivity index (χ1v) is 6.49. The van der Waals surface area contributed by atoms with E-state index in [1.165, 1.54) is 0 Å². The number of aliphatic hydroxyl groups is 1. The van der Waals surface area contributed by atoms with Gasteiger partial charge in [0.25, 0.3) is 0 Å². The maximum Gasteiger partial charge on any atom is 0.0865 e. The number of pyridine rings is 1. The molecule has 1 heterocycles. The van der Waals surface area contributed by atoms with Crippen LogP contribution in [0.2, 0.25) is 0 Å². The normalized spacial score (nSPS) is 19.4. The maximum atomic E-state index is 10.7. The van der Waals surface area contributed by atoms with Gasteiger partial charge in [-0.1, -0.05) is 24.6 Å². The number of aromatic nitrogens is 1. The highest BCUT2D eigenvalue weighted by Crippen LogP contribution is 2.50. The van der Waals surface area contributed by atoms with Gasteiger partial charge < -0.3 is 10.8 Å². The quantitative estimate of drug-likeness (QED) is 0.869. The van der Waals surface area contributed by atoms with E-state index in [9.17, 15) is 5.11 Å². The van der Waals surface area contributed by atoms with Crippen molar-refractivity contribution in [2.45, 2.75) is 25.4 Å². The van der Waals surface area contributed by atoms with Crippen LogP contribution in [0.15, 0.2) is 36.5 Å². The first kappa shape index (κ1) is 11.6. The summed E-state index contributed by atoms with van der Waals surface area (Å²) in [7, 11) is 0. The molecule has 0 spiro atoms. The van der Waals surface area contributed by atoms with Gasteiger partial charge in [0.1, 0.15) is 0 Å². The second-order valence-electron chi connectivity index (χ2n) is 5.24. The predicted molar refractivity (Wildman–Crippen MR) is 72.0 cm³/mol. The SMILES string of the molecule is NCC1(C(O)c2ccnc3ccccc23)CCC1. The average Bonchev–Trinajstić information content (AvgIpc) is 2.37. The molecule has 1 aliphatic carbocycles. The third-order valence-corrected chi connectivity index (χ3v) is 4.31. The molecule has 18 heavy (non-hydrogen) atoms. The largest absolute Gasteiger partial charge is 0.388 e. The minimum Gasteiger partial charge on any atom is -0.388 e. The molecule has 0 radical (unpaired) electrons. The van der Waals surface area contributed by atoms with Gasteiger partial charge in [-0.05, 0) is 30.5 Å². The van der Waals surface area contributed by atoms with Crippen LogP contribution in [0.3, 0.4) is 0 Å². The molecular weight excluding hydrogens is 224 g/mol. The number of benzene rings is 1. The number of para-hydroxylation sites is 1. The molecule has 1 fully saturated rings. The van der Waals surface area contributed by atoms with E-state index in [0.717, 1.165) is 35.7 Å². The van der Waals surface area contributed by atoms with Gasteiger partial charge in [-0.25, -0.2) is 0 Å². The highest BCUT2D eigenvalue weighted by atomic mass is 16.3. The minimum atomic E-state index is -0.482. The number of fused-ring (bicyclic) bond motifs is 1. The second-order valence-corrected chi connectivity index (χ2v) is 5.24. The smallest absolute Gasteiger partial charge is 0.0865 e. The van der Waals surface area contributed by atoms with E-state index in [4.69, 9.17) is 5.73 Å². The summed E-state index contributed by atoms with van der Waals surface area (Å²) in [4.78, 5) is 4.33. The van der Waals surface area contributed by atoms with Crippen molar-refractivity contribution in [2.24, 2.45) is 11.1 Å². The number of aliphatic hydroxyl groups excluding tert-OH is 1. The van der Waals surface area contributed by atoms with Crippen molar-refractivity contribution in [1.82, 2.24) is 4.98 Å². The van der Waals surface area contributed by atoms with Crippen molar-refractivity contribution in [1.29, 1.82) is 0 Å². The summed E-state index contributed by atoms with van der Waals surface area (Å²) in [6.07, 6.45) is 4.48. The number of rotatable bonds is 3. The Hall–Kier alpha value is -1.45. The van der Waals surface area contributed by atoms with Gasteiger partial charge in [-0.3, -0.25) is 4.98 Å². The van der Waals surface area contributed by atoms with Crippen LogP contribution < -0.4 is 5.73 Å². The number of hydrogen-bond acceptors (Lipinski definition) is 3. The third-order valence-electron chi connectivity index (χ3n) is 4.31. The van der Waals surface area contributed by atoms with Crippen LogP contribution in [-0.2, 0) is 0 Å². The van der Waals surface area contributed by atoms with Gasteiger partial charge in [0.05, 0.1) is 11.6 Å². The van der Waals surface area contributed by atoms with Crippen molar-refractivity contribution in [3.05, 3.63) is 42.1 Å². The number of hydrogen-bond donors (Lipinski definition) is 2. The molecule has 1 aliphatic rings. The summed E-state index contributed by atoms with van der Waals surface area (Å²) in [6.45, 7) is 0.546. The fourth-order valence-corrected chi connectivity index (χ4v) is 2.91. The Labute approximate surface area is 107 Å². The van der Waals surface area contributed by atoms with Crippen LogP contribution in [0.4, 0.5) is 0 Å². The zero-order chi connectivity index (χ0) is 12.6. The summed E-state index contributed by atoms with van der Waals surface area (Å²) >= 11 is 0. The standard InChI is InChI=1S/C15H18N2O/c16-10-15(7-3-8-15)14(18)12-6-9-17-13-5-2-1-4-11(12)13/h1-2,4-6,9,14,18H,3,7-8,10,16H2. The first-order valence-electron chi connectivity index (χ1n) is 6.49. The van der Waals surface area contributed by atoms with Gasteiger partial charge in [0.2, 0.25) is 0 Å². The van der Waals surface area contributed by atoms with E-state index in [2.05, 4.69) is 4.98 Å². The van der Waals surface area contributed by atoms with E-state index in [1.54, 1.807) is 6.20 Å². The molecule has 0 saturated heterocycles. The second kappa shape index (κ2) is 4.34. The van der Waals surface area contributed by atoms with Crippen molar-refractivity contribution in [2.75, 3.05) is 6.54 Å². The molecule has 1 aromatic carbocycles. The van der Waals surface area contributed by atoms with Crippen LogP contribution in [-0.4, -0.2) is 16.6 Å². The molecule has 0 amide bonds. The van der Waals surface area contributed by atoms with Crippen molar-refractivity contribution >= 4 is 10.9 Å². The van der Waals surface area contributed by atoms with Gasteiger partial charge in [-0.2, -0.15) is 0 Å². The molecule has 1 unspecified atom stereocenters. The molecule has 94 valence electrons. The monoisotopic (exact) mass is 242 g/mol. The number of nitrogens with zero attached hydrogens (tertiary/aromatic N) is 1. The Balaban J connectivity index is 2.09. The summed E-state index contributed by atoms with van der Waals surface area (Å²) in [5.74, 6) is 0. The Morgan fingerprint density at radius 3 is 2.72 bits per heavy atom. The van der Waals surface area contributed by atoms with Crippen molar-refractivity contribution in [3.8, 4) is 0 Å². The molecular formula is C15H18N2O. The molecule has 0 aliphatic heterocycles. The molecule has 1 saturated carbocycles. The van der Waals surface area contributed by atoms with Crippen LogP contribution in [0.1, 0.15) is 30.9 Å². The minimum absolute atomic E-state index is 0.121. The summed E-state index contributed by atoms with van der Waals surface area (Å²) in [5.41, 5.74) is 7.65. The van der Waals surface area contributed by atoms with Crippen LogP contribution >= 0.6 is 0 Å². The fourth-order valence-electron chi connectivity index (χ4n) is 2.91. The summed E-state index contributed by atoms with van der Waals surface area (Å²) in [5, 5.41) is 11.7. The van der Waals surface area contributed by atoms with E-state index in [-0.39, 0.29) is 5.41 Å². The molecule has 1 atom stereocenters. The van der Waals surface area contributed by atoms with Gasteiger partial charge in [-0.15, -0.1) is 0 Å². The lowest BCUT2D eigenvalue weighted by Crippen LogP contribution is -2.42. The Morgan fingerprint density at radius 2 is 2.06 bits per heavy atom. The summed E-state index contributed by atoms with van der Waals surface area (Å²) < 4.78 is 0. The predicted octanol–water partition coefficient (Wildman–Crippen LogP) is 2.40. The van der Waals surface area contributed by atoms with Crippen LogP contribution in [0, 0.1) is 5.41 Å². The fraction of sp³-hybridized carbons (Fsp3) is 0.400. The number of nitrogens with two attached hydrogens (primary N) is 1. The van der Waals surface area contributed by atoms with Gasteiger partial charge in [0.15, 0.2) is 0 Å². The molecule has 3 rings (SSSR count). The van der Waals surface area contributed by atoms with Gasteiger partial charge in [0, 0.05) is 23.5 Å². The Morgan fingerprint density at radius 1 is 1.28 bits per heavy atom. The Bertz CT molecular complexity index is 552. The zero-order valence-corrected chi connectivity index (χ0v) is 10.3. The van der Waals surface area contributed by atoms with Crippen molar-refractivity contribution < 1.29 is 5.11 Å². The molecule has 3 N–H and O–H groups in total. The lowest BCUT2D eigenvalue weighted by molar-refractivity contribution is -0.0288. The highest BCUT2D eigenvalue weighted by Gasteiger charge is 2.43. The van der Waals surface area contributed by atoms with Crippen LogP contribution in [0.5, 0.6) is 0 Å². The van der Waals surface area contributed by atoms with E-state index in [0.29, 0.717) is 6.54 Å². The molecule has 0 bridgehead atoms. The lowest BCUT2D eigenvalue weighted by atomic mass is 9.63. The maximum absolute atomic E-state index is 10.7. The summed E-state index contributed by atoms with van der Waals surface area (Å²) in [6, 6.07) is 9.86. The lowest BCUT2D eigenvalue weighted by Gasteiger charge is -2.45. The first-order chi connectivity index (χ1) is 8.77. The van der Waals surface area contributed by atoms with Crippen LogP contribution in [0.25, 0.3) is 10.9 Å². The molecule has 3 heteroatoms. The highest BCUT2D eigenvalue weighted by molar-refractivity contribution is 5.82. The topological polar surface area (TPSA) is 59.1 Å². The molecule has 3 nitrogen and oxygen atoms in total. The molecule has 1 aromatic heterocycles. The van der Waals surface area contributed by atoms with E-state index < -0.39 is 6.10 Å².